The van der Waals surface area contributed by atoms with Gasteiger partial charge < -0.3 is 10.8 Å². The molecule has 1 rings (SSSR count). The monoisotopic (exact) mass is 151 g/mol. The van der Waals surface area contributed by atoms with Gasteiger partial charge in [0.1, 0.15) is 5.75 Å². The van der Waals surface area contributed by atoms with Gasteiger partial charge in [0.2, 0.25) is 0 Å². The van der Waals surface area contributed by atoms with Gasteiger partial charge in [-0.3, -0.25) is 0 Å². The van der Waals surface area contributed by atoms with Gasteiger partial charge in [0.15, 0.2) is 0 Å². The van der Waals surface area contributed by atoms with Crippen LogP contribution in [0, 0.1) is 6.92 Å². The van der Waals surface area contributed by atoms with Crippen LogP contribution in [0.25, 0.3) is 0 Å². The van der Waals surface area contributed by atoms with Gasteiger partial charge >= 0.3 is 0 Å². The van der Waals surface area contributed by atoms with E-state index in [1.165, 1.54) is 0 Å². The lowest BCUT2D eigenvalue weighted by Gasteiger charge is -2.10. The molecule has 0 heterocycles. The molecule has 1 atom stereocenters. The fourth-order valence-corrected chi connectivity index (χ4v) is 1.26. The minimum absolute atomic E-state index is 0.101. The number of nitrogens with two attached hydrogens (primary N) is 1. The summed E-state index contributed by atoms with van der Waals surface area (Å²) < 4.78 is 0. The highest BCUT2D eigenvalue weighted by Crippen LogP contribution is 2.25. The third-order valence-corrected chi connectivity index (χ3v) is 1.76. The van der Waals surface area contributed by atoms with Crippen LogP contribution >= 0.6 is 0 Å². The zero-order chi connectivity index (χ0) is 8.43. The van der Waals surface area contributed by atoms with Crippen LogP contribution in [0.3, 0.4) is 0 Å². The molecule has 3 N–H and O–H groups in total. The van der Waals surface area contributed by atoms with E-state index in [1.54, 1.807) is 6.07 Å². The Labute approximate surface area is 66.7 Å². The Morgan fingerprint density at radius 3 is 2.45 bits per heavy atom. The van der Waals surface area contributed by atoms with Crippen LogP contribution in [0.4, 0.5) is 0 Å². The van der Waals surface area contributed by atoms with Gasteiger partial charge in [-0.15, -0.1) is 0 Å². The first-order valence-electron chi connectivity index (χ1n) is 3.67. The van der Waals surface area contributed by atoms with E-state index in [2.05, 4.69) is 0 Å². The Hall–Kier alpha value is -1.02. The summed E-state index contributed by atoms with van der Waals surface area (Å²) in [7, 11) is 0. The maximum atomic E-state index is 9.38. The second kappa shape index (κ2) is 2.93. The number of rotatable bonds is 1. The Morgan fingerprint density at radius 2 is 2.09 bits per heavy atom. The van der Waals surface area contributed by atoms with Crippen LogP contribution in [-0.2, 0) is 0 Å². The first kappa shape index (κ1) is 8.08. The largest absolute Gasteiger partial charge is 0.508 e. The summed E-state index contributed by atoms with van der Waals surface area (Å²) in [4.78, 5) is 0. The minimum Gasteiger partial charge on any atom is -0.508 e. The second-order valence-electron chi connectivity index (χ2n) is 2.80. The molecule has 1 unspecified atom stereocenters. The highest BCUT2D eigenvalue weighted by atomic mass is 16.3. The summed E-state index contributed by atoms with van der Waals surface area (Å²) in [6, 6.07) is 5.32. The predicted octanol–water partition coefficient (Wildman–Crippen LogP) is 1.72. The molecule has 0 aliphatic heterocycles. The zero-order valence-corrected chi connectivity index (χ0v) is 6.83. The summed E-state index contributed by atoms with van der Waals surface area (Å²) in [6.07, 6.45) is 0. The number of hydrogen-bond donors (Lipinski definition) is 2. The van der Waals surface area contributed by atoms with Gasteiger partial charge in [-0.25, -0.2) is 0 Å². The maximum Gasteiger partial charge on any atom is 0.120 e. The minimum atomic E-state index is -0.101. The second-order valence-corrected chi connectivity index (χ2v) is 2.80. The van der Waals surface area contributed by atoms with E-state index < -0.39 is 0 Å². The van der Waals surface area contributed by atoms with E-state index in [4.69, 9.17) is 5.73 Å². The summed E-state index contributed by atoms with van der Waals surface area (Å²) in [6.45, 7) is 3.81. The van der Waals surface area contributed by atoms with Crippen LogP contribution in [0.5, 0.6) is 5.75 Å². The van der Waals surface area contributed by atoms with Crippen molar-refractivity contribution in [3.8, 4) is 5.75 Å². The van der Waals surface area contributed by atoms with Gasteiger partial charge in [-0.2, -0.15) is 0 Å². The molecule has 0 saturated carbocycles. The molecule has 60 valence electrons. The Balaban J connectivity index is 3.21. The highest BCUT2D eigenvalue weighted by molar-refractivity contribution is 5.40. The molecular formula is C9H13NO. The Morgan fingerprint density at radius 1 is 1.45 bits per heavy atom. The van der Waals surface area contributed by atoms with Crippen molar-refractivity contribution >= 4 is 0 Å². The summed E-state index contributed by atoms with van der Waals surface area (Å²) in [5.41, 5.74) is 7.54. The lowest BCUT2D eigenvalue weighted by Crippen LogP contribution is -2.06. The fourth-order valence-electron chi connectivity index (χ4n) is 1.26. The Kier molecular flexibility index (Phi) is 2.15. The molecule has 0 spiro atoms. The van der Waals surface area contributed by atoms with Crippen LogP contribution in [-0.4, -0.2) is 5.11 Å². The first-order valence-corrected chi connectivity index (χ1v) is 3.67. The van der Waals surface area contributed by atoms with Gasteiger partial charge in [0.25, 0.3) is 0 Å². The van der Waals surface area contributed by atoms with Crippen molar-refractivity contribution in [2.75, 3.05) is 0 Å². The van der Waals surface area contributed by atoms with E-state index in [0.717, 1.165) is 11.1 Å². The molecule has 1 aromatic carbocycles. The van der Waals surface area contributed by atoms with Crippen molar-refractivity contribution in [3.63, 3.8) is 0 Å². The summed E-state index contributed by atoms with van der Waals surface area (Å²) in [5.74, 6) is 0.292. The molecule has 0 aromatic heterocycles. The number of aromatic hydroxyl groups is 1. The fraction of sp³-hybridized carbons (Fsp3) is 0.333. The van der Waals surface area contributed by atoms with Crippen LogP contribution in [0.2, 0.25) is 0 Å². The number of phenolic OH excluding ortho intramolecular Hbond substituents is 1. The van der Waals surface area contributed by atoms with Crippen molar-refractivity contribution in [1.29, 1.82) is 0 Å². The molecule has 2 nitrogen and oxygen atoms in total. The molecule has 0 fully saturated rings. The molecule has 0 amide bonds. The quantitative estimate of drug-likeness (QED) is 0.642. The third kappa shape index (κ3) is 1.52. The molecule has 0 saturated heterocycles. The Bertz CT molecular complexity index is 235. The molecule has 2 heteroatoms. The predicted molar refractivity (Wildman–Crippen MR) is 45.4 cm³/mol. The molecule has 0 aliphatic carbocycles. The molecule has 1 aromatic rings. The van der Waals surface area contributed by atoms with E-state index in [0.29, 0.717) is 5.75 Å². The van der Waals surface area contributed by atoms with Crippen molar-refractivity contribution in [3.05, 3.63) is 29.3 Å². The molecular weight excluding hydrogens is 138 g/mol. The van der Waals surface area contributed by atoms with Gasteiger partial charge in [0, 0.05) is 11.6 Å². The lowest BCUT2D eigenvalue weighted by molar-refractivity contribution is 0.463. The lowest BCUT2D eigenvalue weighted by atomic mass is 10.0. The average Bonchev–Trinajstić information content (AvgIpc) is 1.85. The van der Waals surface area contributed by atoms with Gasteiger partial charge in [-0.1, -0.05) is 12.1 Å². The van der Waals surface area contributed by atoms with Crippen molar-refractivity contribution < 1.29 is 5.11 Å². The summed E-state index contributed by atoms with van der Waals surface area (Å²) in [5, 5.41) is 9.38. The third-order valence-electron chi connectivity index (χ3n) is 1.76. The molecule has 0 bridgehead atoms. The maximum absolute atomic E-state index is 9.38. The number of phenols is 1. The number of hydrogen-bond acceptors (Lipinski definition) is 2. The molecule has 0 aliphatic rings. The SMILES string of the molecule is Cc1cccc(O)c1C(C)N. The van der Waals surface area contributed by atoms with Crippen LogP contribution in [0.1, 0.15) is 24.1 Å². The standard InChI is InChI=1S/C9H13NO/c1-6-4-3-5-8(11)9(6)7(2)10/h3-5,7,11H,10H2,1-2H3. The smallest absolute Gasteiger partial charge is 0.120 e. The van der Waals surface area contributed by atoms with Crippen LogP contribution < -0.4 is 5.73 Å². The summed E-state index contributed by atoms with van der Waals surface area (Å²) >= 11 is 0. The van der Waals surface area contributed by atoms with Crippen molar-refractivity contribution in [1.82, 2.24) is 0 Å². The van der Waals surface area contributed by atoms with E-state index in [1.807, 2.05) is 26.0 Å². The average molecular weight is 151 g/mol. The van der Waals surface area contributed by atoms with Gasteiger partial charge in [0.05, 0.1) is 0 Å². The molecule has 0 radical (unpaired) electrons. The van der Waals surface area contributed by atoms with Gasteiger partial charge in [-0.05, 0) is 25.5 Å². The van der Waals surface area contributed by atoms with E-state index in [-0.39, 0.29) is 6.04 Å². The number of aryl methyl sites for hydroxylation is 1. The first-order chi connectivity index (χ1) is 5.13. The topological polar surface area (TPSA) is 46.2 Å². The van der Waals surface area contributed by atoms with Crippen LogP contribution in [0.15, 0.2) is 18.2 Å². The normalized spacial score (nSPS) is 13.0. The van der Waals surface area contributed by atoms with Crippen molar-refractivity contribution in [2.45, 2.75) is 19.9 Å². The van der Waals surface area contributed by atoms with Crippen molar-refractivity contribution in [2.24, 2.45) is 5.73 Å². The number of benzene rings is 1. The highest BCUT2D eigenvalue weighted by Gasteiger charge is 2.07. The zero-order valence-electron chi connectivity index (χ0n) is 6.83. The van der Waals surface area contributed by atoms with E-state index >= 15 is 0 Å². The van der Waals surface area contributed by atoms with E-state index in [9.17, 15) is 5.11 Å². The molecule has 11 heavy (non-hydrogen) atoms.